The van der Waals surface area contributed by atoms with E-state index in [9.17, 15) is 15.0 Å². The fraction of sp³-hybridized carbons (Fsp3) is 0.533. The summed E-state index contributed by atoms with van der Waals surface area (Å²) >= 11 is 0. The molecule has 0 saturated carbocycles. The summed E-state index contributed by atoms with van der Waals surface area (Å²) in [5.74, 6) is 0. The van der Waals surface area contributed by atoms with E-state index in [-0.39, 0.29) is 6.42 Å². The lowest BCUT2D eigenvalue weighted by molar-refractivity contribution is -0.0654. The fourth-order valence-corrected chi connectivity index (χ4v) is 1.76. The summed E-state index contributed by atoms with van der Waals surface area (Å²) < 4.78 is 5.27. The molecule has 0 atom stereocenters. The Balaban J connectivity index is 2.79. The van der Waals surface area contributed by atoms with Gasteiger partial charge < -0.3 is 20.3 Å². The quantitative estimate of drug-likeness (QED) is 0.764. The van der Waals surface area contributed by atoms with Gasteiger partial charge in [-0.1, -0.05) is 30.3 Å². The lowest BCUT2D eigenvalue weighted by Crippen LogP contribution is -2.50. The molecule has 0 aliphatic rings. The molecule has 0 aliphatic carbocycles. The Kier molecular flexibility index (Phi) is 5.53. The van der Waals surface area contributed by atoms with Crippen LogP contribution in [0.25, 0.3) is 0 Å². The zero-order valence-electron chi connectivity index (χ0n) is 12.2. The van der Waals surface area contributed by atoms with Gasteiger partial charge in [-0.15, -0.1) is 0 Å². The van der Waals surface area contributed by atoms with E-state index in [0.29, 0.717) is 0 Å². The molecule has 0 heterocycles. The molecule has 1 rings (SSSR count). The molecule has 0 spiro atoms. The van der Waals surface area contributed by atoms with Crippen LogP contribution in [-0.2, 0) is 11.2 Å². The Labute approximate surface area is 119 Å². The summed E-state index contributed by atoms with van der Waals surface area (Å²) in [7, 11) is 0. The number of carbonyl (C=O) groups excluding carboxylic acids is 1. The van der Waals surface area contributed by atoms with Gasteiger partial charge in [0.05, 0.1) is 13.2 Å². The van der Waals surface area contributed by atoms with Crippen molar-refractivity contribution in [1.29, 1.82) is 0 Å². The molecule has 1 amide bonds. The molecule has 1 aromatic carbocycles. The smallest absolute Gasteiger partial charge is 0.408 e. The molecule has 112 valence electrons. The Bertz CT molecular complexity index is 421. The average molecular weight is 281 g/mol. The van der Waals surface area contributed by atoms with Gasteiger partial charge in [0.2, 0.25) is 0 Å². The molecule has 20 heavy (non-hydrogen) atoms. The summed E-state index contributed by atoms with van der Waals surface area (Å²) in [6.07, 6.45) is -0.408. The highest BCUT2D eigenvalue weighted by atomic mass is 16.6. The van der Waals surface area contributed by atoms with Crippen molar-refractivity contribution < 1.29 is 19.7 Å². The van der Waals surface area contributed by atoms with Gasteiger partial charge >= 0.3 is 6.09 Å². The number of aliphatic hydroxyl groups excluding tert-OH is 2. The first-order valence-electron chi connectivity index (χ1n) is 6.57. The maximum Gasteiger partial charge on any atom is 0.408 e. The van der Waals surface area contributed by atoms with E-state index in [1.54, 1.807) is 0 Å². The van der Waals surface area contributed by atoms with Gasteiger partial charge in [-0.2, -0.15) is 0 Å². The predicted molar refractivity (Wildman–Crippen MR) is 76.4 cm³/mol. The zero-order valence-corrected chi connectivity index (χ0v) is 12.2. The van der Waals surface area contributed by atoms with Crippen molar-refractivity contribution in [2.45, 2.75) is 38.3 Å². The second-order valence-corrected chi connectivity index (χ2v) is 5.93. The van der Waals surface area contributed by atoms with E-state index in [1.165, 1.54) is 0 Å². The minimum atomic E-state index is -1.32. The van der Waals surface area contributed by atoms with Crippen LogP contribution in [-0.4, -0.2) is 40.7 Å². The van der Waals surface area contributed by atoms with Gasteiger partial charge in [0, 0.05) is 12.0 Å². The number of rotatable bonds is 5. The van der Waals surface area contributed by atoms with Crippen LogP contribution in [0.15, 0.2) is 30.3 Å². The first-order valence-corrected chi connectivity index (χ1v) is 6.57. The van der Waals surface area contributed by atoms with E-state index in [1.807, 2.05) is 51.1 Å². The highest BCUT2D eigenvalue weighted by Gasteiger charge is 2.34. The Morgan fingerprint density at radius 3 is 2.15 bits per heavy atom. The number of hydrogen-bond donors (Lipinski definition) is 3. The Morgan fingerprint density at radius 2 is 1.70 bits per heavy atom. The average Bonchev–Trinajstić information content (AvgIpc) is 2.37. The third-order valence-corrected chi connectivity index (χ3v) is 2.73. The van der Waals surface area contributed by atoms with Crippen molar-refractivity contribution in [1.82, 2.24) is 5.32 Å². The molecule has 3 N–H and O–H groups in total. The molecule has 0 aromatic heterocycles. The van der Waals surface area contributed by atoms with Gasteiger partial charge in [0.15, 0.2) is 5.60 Å². The number of alkyl carbamates (subject to hydrolysis) is 1. The normalized spacial score (nSPS) is 12.1. The van der Waals surface area contributed by atoms with Crippen LogP contribution in [0.1, 0.15) is 26.3 Å². The molecule has 5 heteroatoms. The van der Waals surface area contributed by atoms with Crippen molar-refractivity contribution in [3.05, 3.63) is 35.9 Å². The highest BCUT2D eigenvalue weighted by molar-refractivity contribution is 5.68. The number of aliphatic hydroxyl groups is 2. The van der Waals surface area contributed by atoms with Gasteiger partial charge in [0.1, 0.15) is 0 Å². The molecule has 0 bridgehead atoms. The molecule has 5 nitrogen and oxygen atoms in total. The summed E-state index contributed by atoms with van der Waals surface area (Å²) in [5, 5.41) is 21.7. The minimum Gasteiger partial charge on any atom is -0.438 e. The maximum absolute atomic E-state index is 11.8. The van der Waals surface area contributed by atoms with Crippen LogP contribution < -0.4 is 5.32 Å². The second kappa shape index (κ2) is 6.72. The van der Waals surface area contributed by atoms with E-state index < -0.39 is 30.4 Å². The van der Waals surface area contributed by atoms with Gasteiger partial charge in [-0.05, 0) is 26.3 Å². The lowest BCUT2D eigenvalue weighted by atomic mass is 9.96. The monoisotopic (exact) mass is 281 g/mol. The van der Waals surface area contributed by atoms with Crippen molar-refractivity contribution in [3.8, 4) is 0 Å². The van der Waals surface area contributed by atoms with Crippen LogP contribution in [0.3, 0.4) is 0 Å². The van der Waals surface area contributed by atoms with E-state index in [4.69, 9.17) is 4.74 Å². The van der Waals surface area contributed by atoms with Gasteiger partial charge in [0.25, 0.3) is 0 Å². The summed E-state index contributed by atoms with van der Waals surface area (Å²) in [6.45, 7) is 4.58. The molecule has 1 aromatic rings. The third-order valence-electron chi connectivity index (χ3n) is 2.73. The van der Waals surface area contributed by atoms with Crippen molar-refractivity contribution in [2.24, 2.45) is 0 Å². The predicted octanol–water partition coefficient (Wildman–Crippen LogP) is 1.48. The first-order chi connectivity index (χ1) is 9.30. The largest absolute Gasteiger partial charge is 0.438 e. The number of hydrogen-bond acceptors (Lipinski definition) is 4. The highest BCUT2D eigenvalue weighted by Crippen LogP contribution is 2.18. The first kappa shape index (κ1) is 16.5. The number of nitrogens with one attached hydrogen (secondary N) is 1. The van der Waals surface area contributed by atoms with Crippen LogP contribution >= 0.6 is 0 Å². The summed E-state index contributed by atoms with van der Waals surface area (Å²) in [6, 6.07) is 9.28. The fourth-order valence-electron chi connectivity index (χ4n) is 1.76. The molecule has 0 aliphatic heterocycles. The van der Waals surface area contributed by atoms with Crippen LogP contribution in [0.4, 0.5) is 4.79 Å². The number of benzene rings is 1. The third kappa shape index (κ3) is 5.19. The molecule has 0 unspecified atom stereocenters. The molecular formula is C15H23NO4. The molecule has 0 radical (unpaired) electrons. The number of ether oxygens (including phenoxy) is 1. The van der Waals surface area contributed by atoms with Crippen molar-refractivity contribution >= 4 is 6.09 Å². The molecular weight excluding hydrogens is 258 g/mol. The Morgan fingerprint density at radius 1 is 1.15 bits per heavy atom. The second-order valence-electron chi connectivity index (χ2n) is 5.93. The summed E-state index contributed by atoms with van der Waals surface area (Å²) in [5.41, 5.74) is -0.892. The maximum atomic E-state index is 11.8. The minimum absolute atomic E-state index is 0.248. The van der Waals surface area contributed by atoms with E-state index >= 15 is 0 Å². The Hall–Kier alpha value is -1.59. The van der Waals surface area contributed by atoms with Gasteiger partial charge in [-0.25, -0.2) is 4.79 Å². The van der Waals surface area contributed by atoms with Crippen LogP contribution in [0.2, 0.25) is 0 Å². The van der Waals surface area contributed by atoms with Crippen LogP contribution in [0, 0.1) is 0 Å². The standard InChI is InChI=1S/C15H23NO4/c1-14(2,3)16-13(19)20-15(10-17,11-18)9-12-7-5-4-6-8-12/h4-8,17-18H,9-11H2,1-3H3,(H,16,19). The van der Waals surface area contributed by atoms with Crippen LogP contribution in [0.5, 0.6) is 0 Å². The molecule has 0 fully saturated rings. The lowest BCUT2D eigenvalue weighted by Gasteiger charge is -2.31. The molecule has 0 saturated heterocycles. The van der Waals surface area contributed by atoms with E-state index in [0.717, 1.165) is 5.56 Å². The van der Waals surface area contributed by atoms with E-state index in [2.05, 4.69) is 5.32 Å². The topological polar surface area (TPSA) is 78.8 Å². The zero-order chi connectivity index (χ0) is 15.2. The number of carbonyl (C=O) groups is 1. The van der Waals surface area contributed by atoms with Crippen molar-refractivity contribution in [3.63, 3.8) is 0 Å². The van der Waals surface area contributed by atoms with Crippen molar-refractivity contribution in [2.75, 3.05) is 13.2 Å². The summed E-state index contributed by atoms with van der Waals surface area (Å²) in [4.78, 5) is 11.8. The number of amides is 1. The SMILES string of the molecule is CC(C)(C)NC(=O)OC(CO)(CO)Cc1ccccc1. The van der Waals surface area contributed by atoms with Gasteiger partial charge in [-0.3, -0.25) is 0 Å².